The van der Waals surface area contributed by atoms with Gasteiger partial charge in [-0.1, -0.05) is 39.0 Å². The number of benzene rings is 1. The minimum Gasteiger partial charge on any atom is -0.439 e. The first kappa shape index (κ1) is 14.1. The monoisotopic (exact) mass is 266 g/mol. The minimum atomic E-state index is 0.164. The lowest BCUT2D eigenvalue weighted by Crippen LogP contribution is -2.14. The molecule has 0 N–H and O–H groups in total. The standard InChI is InChI=1S/C17H18N2O/c1-4-17(2,3)13-8-10-15(11-9-13)20-16-7-5-6-14(12-18)19-16/h5-11H,4H2,1-3H3. The molecule has 0 aliphatic carbocycles. The van der Waals surface area contributed by atoms with Crippen LogP contribution in [0.15, 0.2) is 42.5 Å². The average Bonchev–Trinajstić information content (AvgIpc) is 2.48. The first-order valence-electron chi connectivity index (χ1n) is 6.71. The Hall–Kier alpha value is -2.34. The number of hydrogen-bond donors (Lipinski definition) is 0. The predicted molar refractivity (Wildman–Crippen MR) is 78.8 cm³/mol. The summed E-state index contributed by atoms with van der Waals surface area (Å²) in [4.78, 5) is 4.09. The molecule has 0 atom stereocenters. The van der Waals surface area contributed by atoms with E-state index in [2.05, 4.69) is 37.9 Å². The first-order valence-corrected chi connectivity index (χ1v) is 6.71. The smallest absolute Gasteiger partial charge is 0.220 e. The highest BCUT2D eigenvalue weighted by Crippen LogP contribution is 2.29. The van der Waals surface area contributed by atoms with Crippen LogP contribution in [0.3, 0.4) is 0 Å². The van der Waals surface area contributed by atoms with E-state index in [0.717, 1.165) is 12.2 Å². The second-order valence-electron chi connectivity index (χ2n) is 5.34. The fraction of sp³-hybridized carbons (Fsp3) is 0.294. The number of rotatable bonds is 4. The van der Waals surface area contributed by atoms with E-state index < -0.39 is 0 Å². The molecule has 0 aliphatic heterocycles. The molecule has 20 heavy (non-hydrogen) atoms. The Morgan fingerprint density at radius 1 is 1.15 bits per heavy atom. The van der Waals surface area contributed by atoms with Crippen LogP contribution in [0.5, 0.6) is 11.6 Å². The highest BCUT2D eigenvalue weighted by Gasteiger charge is 2.17. The Labute approximate surface area is 119 Å². The zero-order chi connectivity index (χ0) is 14.6. The normalized spacial score (nSPS) is 10.9. The Kier molecular flexibility index (Phi) is 4.05. The molecule has 0 spiro atoms. The van der Waals surface area contributed by atoms with E-state index in [0.29, 0.717) is 11.6 Å². The number of nitriles is 1. The average molecular weight is 266 g/mol. The van der Waals surface area contributed by atoms with Gasteiger partial charge in [-0.3, -0.25) is 0 Å². The minimum absolute atomic E-state index is 0.164. The number of hydrogen-bond acceptors (Lipinski definition) is 3. The molecule has 0 fully saturated rings. The van der Waals surface area contributed by atoms with Crippen LogP contribution in [0, 0.1) is 11.3 Å². The van der Waals surface area contributed by atoms with Crippen LogP contribution in [0.4, 0.5) is 0 Å². The number of ether oxygens (including phenoxy) is 1. The van der Waals surface area contributed by atoms with Crippen LogP contribution in [0.25, 0.3) is 0 Å². The second-order valence-corrected chi connectivity index (χ2v) is 5.34. The van der Waals surface area contributed by atoms with Crippen molar-refractivity contribution < 1.29 is 4.74 Å². The third-order valence-corrected chi connectivity index (χ3v) is 3.58. The highest BCUT2D eigenvalue weighted by molar-refractivity contribution is 5.34. The topological polar surface area (TPSA) is 45.9 Å². The SMILES string of the molecule is CCC(C)(C)c1ccc(Oc2cccc(C#N)n2)cc1. The van der Waals surface area contributed by atoms with Gasteiger partial charge in [0.15, 0.2) is 0 Å². The van der Waals surface area contributed by atoms with E-state index in [1.54, 1.807) is 18.2 Å². The molecule has 3 nitrogen and oxygen atoms in total. The third kappa shape index (κ3) is 3.16. The molecule has 1 aromatic carbocycles. The van der Waals surface area contributed by atoms with E-state index in [-0.39, 0.29) is 5.41 Å². The van der Waals surface area contributed by atoms with E-state index in [9.17, 15) is 0 Å². The molecule has 2 rings (SSSR count). The van der Waals surface area contributed by atoms with Crippen LogP contribution in [0.2, 0.25) is 0 Å². The molecule has 0 aliphatic rings. The number of nitrogens with zero attached hydrogens (tertiary/aromatic N) is 2. The quantitative estimate of drug-likeness (QED) is 0.822. The molecule has 0 saturated carbocycles. The van der Waals surface area contributed by atoms with Crippen LogP contribution >= 0.6 is 0 Å². The fourth-order valence-electron chi connectivity index (χ4n) is 1.83. The molecule has 0 bridgehead atoms. The largest absolute Gasteiger partial charge is 0.439 e. The molecule has 102 valence electrons. The summed E-state index contributed by atoms with van der Waals surface area (Å²) in [7, 11) is 0. The van der Waals surface area contributed by atoms with Crippen molar-refractivity contribution in [1.82, 2.24) is 4.98 Å². The Bertz CT molecular complexity index is 624. The van der Waals surface area contributed by atoms with Crippen LogP contribution < -0.4 is 4.74 Å². The van der Waals surface area contributed by atoms with Gasteiger partial charge in [-0.15, -0.1) is 0 Å². The number of aromatic nitrogens is 1. The Balaban J connectivity index is 2.17. The van der Waals surface area contributed by atoms with Gasteiger partial charge in [0.05, 0.1) is 0 Å². The maximum Gasteiger partial charge on any atom is 0.220 e. The zero-order valence-electron chi connectivity index (χ0n) is 12.1. The molecule has 3 heteroatoms. The second kappa shape index (κ2) is 5.75. The van der Waals surface area contributed by atoms with Gasteiger partial charge in [0, 0.05) is 6.07 Å². The third-order valence-electron chi connectivity index (χ3n) is 3.58. The summed E-state index contributed by atoms with van der Waals surface area (Å²) < 4.78 is 5.66. The lowest BCUT2D eigenvalue weighted by molar-refractivity contribution is 0.460. The molecular weight excluding hydrogens is 248 g/mol. The summed E-state index contributed by atoms with van der Waals surface area (Å²) in [6.07, 6.45) is 1.08. The summed E-state index contributed by atoms with van der Waals surface area (Å²) >= 11 is 0. The summed E-state index contributed by atoms with van der Waals surface area (Å²) in [6.45, 7) is 6.63. The van der Waals surface area contributed by atoms with E-state index >= 15 is 0 Å². The zero-order valence-corrected chi connectivity index (χ0v) is 12.1. The van der Waals surface area contributed by atoms with Crippen molar-refractivity contribution in [2.24, 2.45) is 0 Å². The first-order chi connectivity index (χ1) is 9.55. The molecular formula is C17H18N2O. The van der Waals surface area contributed by atoms with E-state index in [1.165, 1.54) is 5.56 Å². The fourth-order valence-corrected chi connectivity index (χ4v) is 1.83. The van der Waals surface area contributed by atoms with Gasteiger partial charge in [0.2, 0.25) is 5.88 Å². The lowest BCUT2D eigenvalue weighted by atomic mass is 9.82. The van der Waals surface area contributed by atoms with Crippen molar-refractivity contribution in [2.75, 3.05) is 0 Å². The van der Waals surface area contributed by atoms with Crippen LogP contribution in [-0.2, 0) is 5.41 Å². The molecule has 0 amide bonds. The van der Waals surface area contributed by atoms with Gasteiger partial charge in [-0.2, -0.15) is 5.26 Å². The van der Waals surface area contributed by atoms with Gasteiger partial charge in [0.25, 0.3) is 0 Å². The predicted octanol–water partition coefficient (Wildman–Crippen LogP) is 4.43. The molecule has 2 aromatic rings. The maximum atomic E-state index is 8.81. The van der Waals surface area contributed by atoms with Crippen LogP contribution in [-0.4, -0.2) is 4.98 Å². The van der Waals surface area contributed by atoms with Crippen molar-refractivity contribution in [2.45, 2.75) is 32.6 Å². The van der Waals surface area contributed by atoms with E-state index in [4.69, 9.17) is 10.00 Å². The molecule has 1 aromatic heterocycles. The summed E-state index contributed by atoms with van der Waals surface area (Å²) in [5, 5.41) is 8.81. The molecule has 0 saturated heterocycles. The Morgan fingerprint density at radius 2 is 1.85 bits per heavy atom. The summed E-state index contributed by atoms with van der Waals surface area (Å²) in [6, 6.07) is 15.2. The Morgan fingerprint density at radius 3 is 2.45 bits per heavy atom. The van der Waals surface area contributed by atoms with Crippen molar-refractivity contribution in [1.29, 1.82) is 5.26 Å². The number of pyridine rings is 1. The van der Waals surface area contributed by atoms with Gasteiger partial charge in [-0.05, 0) is 35.6 Å². The van der Waals surface area contributed by atoms with Gasteiger partial charge >= 0.3 is 0 Å². The highest BCUT2D eigenvalue weighted by atomic mass is 16.5. The summed E-state index contributed by atoms with van der Waals surface area (Å²) in [5.74, 6) is 1.16. The van der Waals surface area contributed by atoms with Crippen molar-refractivity contribution in [3.05, 3.63) is 53.7 Å². The van der Waals surface area contributed by atoms with Gasteiger partial charge < -0.3 is 4.74 Å². The lowest BCUT2D eigenvalue weighted by Gasteiger charge is -2.23. The van der Waals surface area contributed by atoms with Crippen LogP contribution in [0.1, 0.15) is 38.4 Å². The van der Waals surface area contributed by atoms with Crippen molar-refractivity contribution in [3.63, 3.8) is 0 Å². The summed E-state index contributed by atoms with van der Waals surface area (Å²) in [5.41, 5.74) is 1.80. The maximum absolute atomic E-state index is 8.81. The van der Waals surface area contributed by atoms with Crippen molar-refractivity contribution in [3.8, 4) is 17.7 Å². The van der Waals surface area contributed by atoms with Crippen molar-refractivity contribution >= 4 is 0 Å². The van der Waals surface area contributed by atoms with Gasteiger partial charge in [-0.25, -0.2) is 4.98 Å². The molecule has 0 unspecified atom stereocenters. The molecule has 1 heterocycles. The van der Waals surface area contributed by atoms with E-state index in [1.807, 2.05) is 18.2 Å². The molecule has 0 radical (unpaired) electrons. The van der Waals surface area contributed by atoms with Gasteiger partial charge in [0.1, 0.15) is 17.5 Å².